The van der Waals surface area contributed by atoms with Crippen molar-refractivity contribution in [2.45, 2.75) is 53.0 Å². The molecule has 1 atom stereocenters. The third kappa shape index (κ3) is 8.29. The van der Waals surface area contributed by atoms with E-state index in [9.17, 15) is 14.4 Å². The van der Waals surface area contributed by atoms with E-state index >= 15 is 0 Å². The minimum atomic E-state index is -0.703. The first kappa shape index (κ1) is 21.4. The zero-order valence-electron chi connectivity index (χ0n) is 15.3. The molecule has 0 bridgehead atoms. The summed E-state index contributed by atoms with van der Waals surface area (Å²) in [5.74, 6) is -0.637. The Hall–Kier alpha value is -1.69. The van der Waals surface area contributed by atoms with Gasteiger partial charge in [-0.2, -0.15) is 0 Å². The summed E-state index contributed by atoms with van der Waals surface area (Å²) >= 11 is 3.36. The molecule has 5 nitrogen and oxygen atoms in total. The largest absolute Gasteiger partial charge is 0.347 e. The van der Waals surface area contributed by atoms with Crippen LogP contribution in [0.1, 0.15) is 46.1 Å². The Bertz CT molecular complexity index is 612. The number of benzene rings is 1. The zero-order valence-corrected chi connectivity index (χ0v) is 16.9. The number of hydrogen-bond acceptors (Lipinski definition) is 3. The standard InChI is InChI=1S/C19H27BrN2O3/c1-5-19(3,4)11-16(24)12-21-18(25)17(22-13(2)23)10-14-6-8-15(20)9-7-14/h6-9,17H,5,10-12H2,1-4H3,(H,21,25)(H,22,23). The van der Waals surface area contributed by atoms with Crippen molar-refractivity contribution in [3.05, 3.63) is 34.3 Å². The number of carbonyl (C=O) groups is 3. The van der Waals surface area contributed by atoms with Crippen LogP contribution in [0.2, 0.25) is 0 Å². The van der Waals surface area contributed by atoms with Gasteiger partial charge in [-0.3, -0.25) is 14.4 Å². The highest BCUT2D eigenvalue weighted by Gasteiger charge is 2.23. The van der Waals surface area contributed by atoms with Gasteiger partial charge >= 0.3 is 0 Å². The number of rotatable bonds is 9. The van der Waals surface area contributed by atoms with Crippen molar-refractivity contribution in [3.63, 3.8) is 0 Å². The van der Waals surface area contributed by atoms with Gasteiger partial charge in [0.25, 0.3) is 0 Å². The summed E-state index contributed by atoms with van der Waals surface area (Å²) in [6, 6.07) is 6.84. The first-order valence-corrected chi connectivity index (χ1v) is 9.23. The minimum absolute atomic E-state index is 0.00887. The fourth-order valence-corrected chi connectivity index (χ4v) is 2.61. The molecule has 0 saturated carbocycles. The van der Waals surface area contributed by atoms with E-state index in [1.165, 1.54) is 6.92 Å². The number of ketones is 1. The maximum Gasteiger partial charge on any atom is 0.243 e. The van der Waals surface area contributed by atoms with Gasteiger partial charge in [-0.05, 0) is 23.1 Å². The van der Waals surface area contributed by atoms with Gasteiger partial charge < -0.3 is 10.6 Å². The van der Waals surface area contributed by atoms with Gasteiger partial charge in [-0.1, -0.05) is 55.3 Å². The van der Waals surface area contributed by atoms with E-state index in [0.29, 0.717) is 12.8 Å². The SMILES string of the molecule is CCC(C)(C)CC(=O)CNC(=O)C(Cc1ccc(Br)cc1)NC(C)=O. The van der Waals surface area contributed by atoms with Gasteiger partial charge in [-0.25, -0.2) is 0 Å². The number of amides is 2. The Labute approximate surface area is 158 Å². The van der Waals surface area contributed by atoms with E-state index in [0.717, 1.165) is 16.5 Å². The molecular formula is C19H27BrN2O3. The maximum absolute atomic E-state index is 12.4. The quantitative estimate of drug-likeness (QED) is 0.656. The number of carbonyl (C=O) groups excluding carboxylic acids is 3. The summed E-state index contributed by atoms with van der Waals surface area (Å²) in [5, 5.41) is 5.31. The van der Waals surface area contributed by atoms with Crippen molar-refractivity contribution in [2.24, 2.45) is 5.41 Å². The van der Waals surface area contributed by atoms with E-state index in [2.05, 4.69) is 26.6 Å². The van der Waals surface area contributed by atoms with Crippen molar-refractivity contribution < 1.29 is 14.4 Å². The molecule has 6 heteroatoms. The fraction of sp³-hybridized carbons (Fsp3) is 0.526. The van der Waals surface area contributed by atoms with Gasteiger partial charge in [0.2, 0.25) is 11.8 Å². The molecule has 0 aromatic heterocycles. The molecule has 0 fully saturated rings. The summed E-state index contributed by atoms with van der Waals surface area (Å²) in [6.45, 7) is 7.45. The van der Waals surface area contributed by atoms with Gasteiger partial charge in [0.15, 0.2) is 5.78 Å². The van der Waals surface area contributed by atoms with Crippen LogP contribution in [0, 0.1) is 5.41 Å². The number of Topliss-reactive ketones (excluding diaryl/α,β-unsaturated/α-hetero) is 1. The Morgan fingerprint density at radius 2 is 1.76 bits per heavy atom. The first-order valence-electron chi connectivity index (χ1n) is 8.44. The normalized spacial score (nSPS) is 12.4. The molecule has 0 saturated heterocycles. The molecule has 0 heterocycles. The lowest BCUT2D eigenvalue weighted by atomic mass is 9.85. The van der Waals surface area contributed by atoms with Crippen LogP contribution in [0.3, 0.4) is 0 Å². The Morgan fingerprint density at radius 1 is 1.16 bits per heavy atom. The molecule has 1 aromatic carbocycles. The Balaban J connectivity index is 2.65. The van der Waals surface area contributed by atoms with E-state index in [4.69, 9.17) is 0 Å². The molecule has 0 aliphatic rings. The number of hydrogen-bond donors (Lipinski definition) is 2. The number of nitrogens with one attached hydrogen (secondary N) is 2. The molecule has 1 unspecified atom stereocenters. The van der Waals surface area contributed by atoms with Crippen molar-refractivity contribution in [2.75, 3.05) is 6.54 Å². The Kier molecular flexibility index (Phi) is 8.29. The van der Waals surface area contributed by atoms with Crippen LogP contribution in [0.5, 0.6) is 0 Å². The summed E-state index contributed by atoms with van der Waals surface area (Å²) in [4.78, 5) is 35.9. The van der Waals surface area contributed by atoms with Crippen LogP contribution in [0.25, 0.3) is 0 Å². The van der Waals surface area contributed by atoms with Crippen molar-refractivity contribution in [1.82, 2.24) is 10.6 Å². The first-order chi connectivity index (χ1) is 11.6. The molecule has 2 amide bonds. The van der Waals surface area contributed by atoms with Crippen LogP contribution < -0.4 is 10.6 Å². The van der Waals surface area contributed by atoms with Crippen molar-refractivity contribution in [3.8, 4) is 0 Å². The summed E-state index contributed by atoms with van der Waals surface area (Å²) in [5.41, 5.74) is 0.853. The van der Waals surface area contributed by atoms with Gasteiger partial charge in [0, 0.05) is 24.2 Å². The number of halogens is 1. The maximum atomic E-state index is 12.4. The molecule has 1 aromatic rings. The molecule has 25 heavy (non-hydrogen) atoms. The van der Waals surface area contributed by atoms with E-state index in [1.807, 2.05) is 45.0 Å². The molecule has 0 aliphatic carbocycles. The van der Waals surface area contributed by atoms with Crippen molar-refractivity contribution in [1.29, 1.82) is 0 Å². The zero-order chi connectivity index (χ0) is 19.0. The second-order valence-electron chi connectivity index (χ2n) is 7.03. The fourth-order valence-electron chi connectivity index (χ4n) is 2.34. The summed E-state index contributed by atoms with van der Waals surface area (Å²) < 4.78 is 0.945. The van der Waals surface area contributed by atoms with E-state index in [1.54, 1.807) is 0 Å². The molecule has 138 valence electrons. The molecular weight excluding hydrogens is 384 g/mol. The smallest absolute Gasteiger partial charge is 0.243 e. The third-order valence-electron chi connectivity index (χ3n) is 4.14. The highest BCUT2D eigenvalue weighted by Crippen LogP contribution is 2.24. The monoisotopic (exact) mass is 410 g/mol. The minimum Gasteiger partial charge on any atom is -0.347 e. The summed E-state index contributed by atoms with van der Waals surface area (Å²) in [7, 11) is 0. The van der Waals surface area contributed by atoms with Crippen LogP contribution in [0.4, 0.5) is 0 Å². The van der Waals surface area contributed by atoms with Crippen LogP contribution in [-0.2, 0) is 20.8 Å². The molecule has 0 radical (unpaired) electrons. The van der Waals surface area contributed by atoms with Crippen LogP contribution in [-0.4, -0.2) is 30.2 Å². The molecule has 1 rings (SSSR count). The lowest BCUT2D eigenvalue weighted by molar-refractivity contribution is -0.129. The van der Waals surface area contributed by atoms with Gasteiger partial charge in [0.1, 0.15) is 6.04 Å². The van der Waals surface area contributed by atoms with E-state index < -0.39 is 6.04 Å². The average Bonchev–Trinajstić information content (AvgIpc) is 2.53. The third-order valence-corrected chi connectivity index (χ3v) is 4.67. The molecule has 0 aliphatic heterocycles. The topological polar surface area (TPSA) is 75.3 Å². The predicted molar refractivity (Wildman–Crippen MR) is 102 cm³/mol. The van der Waals surface area contributed by atoms with Crippen LogP contribution >= 0.6 is 15.9 Å². The molecule has 0 spiro atoms. The van der Waals surface area contributed by atoms with Crippen molar-refractivity contribution >= 4 is 33.5 Å². The summed E-state index contributed by atoms with van der Waals surface area (Å²) in [6.07, 6.45) is 1.68. The van der Waals surface area contributed by atoms with Gasteiger partial charge in [-0.15, -0.1) is 0 Å². The average molecular weight is 411 g/mol. The highest BCUT2D eigenvalue weighted by molar-refractivity contribution is 9.10. The second kappa shape index (κ2) is 9.70. The predicted octanol–water partition coefficient (Wildman–Crippen LogP) is 3.01. The Morgan fingerprint density at radius 3 is 2.28 bits per heavy atom. The van der Waals surface area contributed by atoms with Crippen LogP contribution in [0.15, 0.2) is 28.7 Å². The second-order valence-corrected chi connectivity index (χ2v) is 7.95. The highest BCUT2D eigenvalue weighted by atomic mass is 79.9. The van der Waals surface area contributed by atoms with Gasteiger partial charge in [0.05, 0.1) is 6.54 Å². The molecule has 2 N–H and O–H groups in total. The lowest BCUT2D eigenvalue weighted by Gasteiger charge is -2.22. The van der Waals surface area contributed by atoms with E-state index in [-0.39, 0.29) is 29.6 Å². The lowest BCUT2D eigenvalue weighted by Crippen LogP contribution is -2.48.